The Bertz CT molecular complexity index is 621. The molecule has 0 spiro atoms. The van der Waals surface area contributed by atoms with Gasteiger partial charge in [0.15, 0.2) is 0 Å². The van der Waals surface area contributed by atoms with Gasteiger partial charge in [-0.2, -0.15) is 0 Å². The summed E-state index contributed by atoms with van der Waals surface area (Å²) in [6, 6.07) is 10.8. The molecule has 4 nitrogen and oxygen atoms in total. The van der Waals surface area contributed by atoms with Gasteiger partial charge in [-0.15, -0.1) is 0 Å². The van der Waals surface area contributed by atoms with Crippen LogP contribution in [0.5, 0.6) is 0 Å². The molecule has 0 N–H and O–H groups in total. The number of ether oxygens (including phenoxy) is 1. The normalized spacial score (nSPS) is 17.6. The van der Waals surface area contributed by atoms with Crippen LogP contribution in [0.3, 0.4) is 0 Å². The van der Waals surface area contributed by atoms with Crippen molar-refractivity contribution in [3.05, 3.63) is 59.0 Å². The molecule has 1 amide bonds. The lowest BCUT2D eigenvalue weighted by molar-refractivity contribution is 0.0491. The van der Waals surface area contributed by atoms with E-state index in [4.69, 9.17) is 20.8 Å². The van der Waals surface area contributed by atoms with Gasteiger partial charge in [-0.1, -0.05) is 23.7 Å². The van der Waals surface area contributed by atoms with E-state index < -0.39 is 0 Å². The summed E-state index contributed by atoms with van der Waals surface area (Å²) in [5.41, 5.74) is 0.508. The molecular formula is C17H18ClNO3. The Morgan fingerprint density at radius 1 is 1.27 bits per heavy atom. The summed E-state index contributed by atoms with van der Waals surface area (Å²) in [5, 5.41) is 0.462. The highest BCUT2D eigenvalue weighted by atomic mass is 35.5. The molecular weight excluding hydrogens is 302 g/mol. The van der Waals surface area contributed by atoms with Gasteiger partial charge < -0.3 is 14.1 Å². The third kappa shape index (κ3) is 3.51. The van der Waals surface area contributed by atoms with Crippen LogP contribution in [-0.2, 0) is 11.3 Å². The van der Waals surface area contributed by atoms with Gasteiger partial charge in [-0.05, 0) is 37.1 Å². The maximum Gasteiger partial charge on any atom is 0.255 e. The van der Waals surface area contributed by atoms with Crippen molar-refractivity contribution < 1.29 is 13.9 Å². The van der Waals surface area contributed by atoms with E-state index >= 15 is 0 Å². The second-order valence-corrected chi connectivity index (χ2v) is 5.79. The first-order chi connectivity index (χ1) is 10.7. The largest absolute Gasteiger partial charge is 0.467 e. The molecule has 1 atom stereocenters. The quantitative estimate of drug-likeness (QED) is 0.843. The van der Waals surface area contributed by atoms with Crippen molar-refractivity contribution in [2.24, 2.45) is 0 Å². The van der Waals surface area contributed by atoms with Gasteiger partial charge in [0.1, 0.15) is 5.76 Å². The molecule has 0 saturated carbocycles. The predicted molar refractivity (Wildman–Crippen MR) is 83.9 cm³/mol. The summed E-state index contributed by atoms with van der Waals surface area (Å²) in [7, 11) is 0. The van der Waals surface area contributed by atoms with Gasteiger partial charge in [-0.3, -0.25) is 4.79 Å². The monoisotopic (exact) mass is 319 g/mol. The Balaban J connectivity index is 1.80. The first kappa shape index (κ1) is 15.1. The molecule has 2 heterocycles. The molecule has 1 fully saturated rings. The third-order valence-electron chi connectivity index (χ3n) is 3.77. The Morgan fingerprint density at radius 2 is 2.14 bits per heavy atom. The Morgan fingerprint density at radius 3 is 2.82 bits per heavy atom. The van der Waals surface area contributed by atoms with Gasteiger partial charge in [0.25, 0.3) is 5.91 Å². The molecule has 1 saturated heterocycles. The van der Waals surface area contributed by atoms with Crippen LogP contribution in [0.2, 0.25) is 5.02 Å². The number of hydrogen-bond donors (Lipinski definition) is 0. The topological polar surface area (TPSA) is 42.7 Å². The van der Waals surface area contributed by atoms with E-state index in [2.05, 4.69) is 0 Å². The maximum atomic E-state index is 12.8. The number of halogens is 1. The fourth-order valence-electron chi connectivity index (χ4n) is 2.65. The summed E-state index contributed by atoms with van der Waals surface area (Å²) >= 11 is 6.16. The zero-order valence-electron chi connectivity index (χ0n) is 12.2. The van der Waals surface area contributed by atoms with Crippen molar-refractivity contribution >= 4 is 17.5 Å². The van der Waals surface area contributed by atoms with Crippen molar-refractivity contribution in [2.75, 3.05) is 13.2 Å². The molecule has 1 aliphatic rings. The van der Waals surface area contributed by atoms with E-state index in [1.54, 1.807) is 23.3 Å². The first-order valence-corrected chi connectivity index (χ1v) is 7.79. The lowest BCUT2D eigenvalue weighted by Crippen LogP contribution is -2.37. The minimum atomic E-state index is -0.0995. The van der Waals surface area contributed by atoms with Crippen molar-refractivity contribution in [1.29, 1.82) is 0 Å². The smallest absolute Gasteiger partial charge is 0.255 e. The Labute approximate surface area is 134 Å². The molecule has 22 heavy (non-hydrogen) atoms. The number of rotatable bonds is 5. The van der Waals surface area contributed by atoms with Gasteiger partial charge >= 0.3 is 0 Å². The zero-order chi connectivity index (χ0) is 15.4. The van der Waals surface area contributed by atoms with E-state index in [0.29, 0.717) is 23.7 Å². The molecule has 0 radical (unpaired) electrons. The number of hydrogen-bond acceptors (Lipinski definition) is 3. The van der Waals surface area contributed by atoms with Crippen LogP contribution in [0.1, 0.15) is 29.0 Å². The summed E-state index contributed by atoms with van der Waals surface area (Å²) in [6.45, 7) is 1.72. The van der Waals surface area contributed by atoms with Crippen LogP contribution in [0.25, 0.3) is 0 Å². The van der Waals surface area contributed by atoms with Crippen molar-refractivity contribution in [1.82, 2.24) is 4.90 Å². The van der Waals surface area contributed by atoms with Gasteiger partial charge in [0, 0.05) is 13.2 Å². The van der Waals surface area contributed by atoms with Gasteiger partial charge in [0.2, 0.25) is 0 Å². The van der Waals surface area contributed by atoms with Crippen molar-refractivity contribution in [3.63, 3.8) is 0 Å². The summed E-state index contributed by atoms with van der Waals surface area (Å²) in [5.74, 6) is 0.649. The first-order valence-electron chi connectivity index (χ1n) is 7.42. The van der Waals surface area contributed by atoms with E-state index in [-0.39, 0.29) is 12.0 Å². The minimum absolute atomic E-state index is 0.0846. The fraction of sp³-hybridized carbons (Fsp3) is 0.353. The lowest BCUT2D eigenvalue weighted by Gasteiger charge is -2.25. The molecule has 1 aromatic heterocycles. The van der Waals surface area contributed by atoms with Crippen LogP contribution < -0.4 is 0 Å². The third-order valence-corrected chi connectivity index (χ3v) is 4.10. The number of nitrogens with zero attached hydrogens (tertiary/aromatic N) is 1. The average Bonchev–Trinajstić information content (AvgIpc) is 3.20. The predicted octanol–water partition coefficient (Wildman–Crippen LogP) is 3.75. The number of amides is 1. The molecule has 3 rings (SSSR count). The number of furan rings is 1. The lowest BCUT2D eigenvalue weighted by atomic mass is 10.1. The molecule has 5 heteroatoms. The second kappa shape index (κ2) is 6.99. The van der Waals surface area contributed by atoms with E-state index in [1.807, 2.05) is 24.3 Å². The molecule has 116 valence electrons. The molecule has 1 aliphatic heterocycles. The van der Waals surface area contributed by atoms with E-state index in [0.717, 1.165) is 25.2 Å². The standard InChI is InChI=1S/C17H18ClNO3/c18-16-8-2-1-7-15(16)17(20)19(11-13-5-3-9-21-13)12-14-6-4-10-22-14/h1-3,5,7-9,14H,4,6,10-12H2. The zero-order valence-corrected chi connectivity index (χ0v) is 13.0. The summed E-state index contributed by atoms with van der Waals surface area (Å²) in [4.78, 5) is 14.6. The van der Waals surface area contributed by atoms with Crippen LogP contribution in [0.4, 0.5) is 0 Å². The van der Waals surface area contributed by atoms with E-state index in [1.165, 1.54) is 0 Å². The second-order valence-electron chi connectivity index (χ2n) is 5.38. The number of benzene rings is 1. The molecule has 0 bridgehead atoms. The minimum Gasteiger partial charge on any atom is -0.467 e. The molecule has 0 aliphatic carbocycles. The average molecular weight is 320 g/mol. The van der Waals surface area contributed by atoms with Crippen LogP contribution >= 0.6 is 11.6 Å². The highest BCUT2D eigenvalue weighted by Crippen LogP contribution is 2.21. The van der Waals surface area contributed by atoms with Crippen LogP contribution in [-0.4, -0.2) is 30.1 Å². The Hall–Kier alpha value is -1.78. The Kier molecular flexibility index (Phi) is 4.80. The number of carbonyl (C=O) groups is 1. The highest BCUT2D eigenvalue weighted by molar-refractivity contribution is 6.33. The van der Waals surface area contributed by atoms with Crippen LogP contribution in [0.15, 0.2) is 47.1 Å². The van der Waals surface area contributed by atoms with E-state index in [9.17, 15) is 4.79 Å². The van der Waals surface area contributed by atoms with Crippen LogP contribution in [0, 0.1) is 0 Å². The van der Waals surface area contributed by atoms with Crippen molar-refractivity contribution in [2.45, 2.75) is 25.5 Å². The maximum absolute atomic E-state index is 12.8. The summed E-state index contributed by atoms with van der Waals surface area (Å²) < 4.78 is 11.0. The highest BCUT2D eigenvalue weighted by Gasteiger charge is 2.25. The summed E-state index contributed by atoms with van der Waals surface area (Å²) in [6.07, 6.45) is 3.71. The van der Waals surface area contributed by atoms with Crippen molar-refractivity contribution in [3.8, 4) is 0 Å². The number of carbonyl (C=O) groups excluding carboxylic acids is 1. The van der Waals surface area contributed by atoms with Gasteiger partial charge in [-0.25, -0.2) is 0 Å². The molecule has 1 aromatic carbocycles. The fourth-order valence-corrected chi connectivity index (χ4v) is 2.87. The molecule has 2 aromatic rings. The SMILES string of the molecule is O=C(c1ccccc1Cl)N(Cc1ccco1)CC1CCCO1. The molecule has 1 unspecified atom stereocenters. The van der Waals surface area contributed by atoms with Gasteiger partial charge in [0.05, 0.1) is 29.5 Å².